The van der Waals surface area contributed by atoms with Crippen molar-refractivity contribution in [3.8, 4) is 6.07 Å². The average molecular weight is 370 g/mol. The minimum atomic E-state index is -0.679. The minimum Gasteiger partial charge on any atom is -0.267 e. The highest BCUT2D eigenvalue weighted by Gasteiger charge is 2.11. The SMILES string of the molecule is N#C/C(=C/c1ccccc1)C(=O)NNC(=O)c1ccc(Br)cc1. The van der Waals surface area contributed by atoms with E-state index in [4.69, 9.17) is 5.26 Å². The summed E-state index contributed by atoms with van der Waals surface area (Å²) >= 11 is 3.27. The van der Waals surface area contributed by atoms with Crippen LogP contribution < -0.4 is 10.9 Å². The monoisotopic (exact) mass is 369 g/mol. The number of amides is 2. The smallest absolute Gasteiger partial charge is 0.267 e. The summed E-state index contributed by atoms with van der Waals surface area (Å²) < 4.78 is 0.843. The van der Waals surface area contributed by atoms with Crippen molar-refractivity contribution >= 4 is 33.8 Å². The van der Waals surface area contributed by atoms with E-state index in [9.17, 15) is 9.59 Å². The minimum absolute atomic E-state index is 0.104. The van der Waals surface area contributed by atoms with E-state index in [-0.39, 0.29) is 5.57 Å². The average Bonchev–Trinajstić information content (AvgIpc) is 2.58. The van der Waals surface area contributed by atoms with Crippen LogP contribution in [0.4, 0.5) is 0 Å². The van der Waals surface area contributed by atoms with E-state index in [2.05, 4.69) is 26.8 Å². The zero-order valence-corrected chi connectivity index (χ0v) is 13.5. The molecular weight excluding hydrogens is 358 g/mol. The molecule has 0 saturated heterocycles. The van der Waals surface area contributed by atoms with Crippen LogP contribution in [-0.2, 0) is 4.79 Å². The Morgan fingerprint density at radius 3 is 2.26 bits per heavy atom. The van der Waals surface area contributed by atoms with Crippen LogP contribution in [0.5, 0.6) is 0 Å². The zero-order valence-electron chi connectivity index (χ0n) is 11.9. The first-order valence-corrected chi connectivity index (χ1v) is 7.42. The van der Waals surface area contributed by atoms with Gasteiger partial charge in [0, 0.05) is 10.0 Å². The van der Waals surface area contributed by atoms with Crippen LogP contribution in [0.3, 0.4) is 0 Å². The van der Waals surface area contributed by atoms with Gasteiger partial charge < -0.3 is 0 Å². The fourth-order valence-electron chi connectivity index (χ4n) is 1.72. The number of nitriles is 1. The summed E-state index contributed by atoms with van der Waals surface area (Å²) in [5.41, 5.74) is 5.50. The lowest BCUT2D eigenvalue weighted by atomic mass is 10.1. The summed E-state index contributed by atoms with van der Waals surface area (Å²) in [5, 5.41) is 9.07. The first-order chi connectivity index (χ1) is 11.1. The molecule has 0 atom stereocenters. The van der Waals surface area contributed by atoms with Gasteiger partial charge in [0.1, 0.15) is 11.6 Å². The lowest BCUT2D eigenvalue weighted by Gasteiger charge is -2.07. The normalized spacial score (nSPS) is 10.5. The first kappa shape index (κ1) is 16.5. The van der Waals surface area contributed by atoms with Gasteiger partial charge in [0.2, 0.25) is 0 Å². The second-order valence-corrected chi connectivity index (χ2v) is 5.41. The summed E-state index contributed by atoms with van der Waals surface area (Å²) in [5.74, 6) is -1.15. The van der Waals surface area contributed by atoms with E-state index < -0.39 is 11.8 Å². The van der Waals surface area contributed by atoms with Crippen molar-refractivity contribution < 1.29 is 9.59 Å². The third kappa shape index (κ3) is 4.80. The lowest BCUT2D eigenvalue weighted by molar-refractivity contribution is -0.117. The highest BCUT2D eigenvalue weighted by molar-refractivity contribution is 9.10. The largest absolute Gasteiger partial charge is 0.280 e. The second-order valence-electron chi connectivity index (χ2n) is 4.50. The van der Waals surface area contributed by atoms with Crippen LogP contribution >= 0.6 is 15.9 Å². The van der Waals surface area contributed by atoms with Gasteiger partial charge in [-0.15, -0.1) is 0 Å². The molecule has 2 N–H and O–H groups in total. The molecule has 6 heteroatoms. The van der Waals surface area contributed by atoms with Crippen LogP contribution in [0.1, 0.15) is 15.9 Å². The number of benzene rings is 2. The summed E-state index contributed by atoms with van der Waals surface area (Å²) in [6.07, 6.45) is 1.45. The van der Waals surface area contributed by atoms with E-state index in [0.717, 1.165) is 10.0 Å². The van der Waals surface area contributed by atoms with Gasteiger partial charge in [-0.3, -0.25) is 20.4 Å². The maximum absolute atomic E-state index is 11.9. The molecule has 0 aromatic heterocycles. The van der Waals surface area contributed by atoms with E-state index in [1.54, 1.807) is 48.5 Å². The van der Waals surface area contributed by atoms with Gasteiger partial charge in [-0.05, 0) is 35.9 Å². The summed E-state index contributed by atoms with van der Waals surface area (Å²) in [7, 11) is 0. The molecule has 0 bridgehead atoms. The molecule has 23 heavy (non-hydrogen) atoms. The van der Waals surface area contributed by atoms with Gasteiger partial charge in [0.25, 0.3) is 11.8 Å². The van der Waals surface area contributed by atoms with Gasteiger partial charge >= 0.3 is 0 Å². The Hall–Kier alpha value is -2.91. The molecule has 0 saturated carbocycles. The van der Waals surface area contributed by atoms with Crippen molar-refractivity contribution in [1.29, 1.82) is 5.26 Å². The molecule has 0 fully saturated rings. The van der Waals surface area contributed by atoms with Gasteiger partial charge in [-0.2, -0.15) is 5.26 Å². The quantitative estimate of drug-likeness (QED) is 0.495. The Morgan fingerprint density at radius 2 is 1.65 bits per heavy atom. The van der Waals surface area contributed by atoms with Crippen LogP contribution in [0.25, 0.3) is 6.08 Å². The van der Waals surface area contributed by atoms with Crippen LogP contribution in [0, 0.1) is 11.3 Å². The summed E-state index contributed by atoms with van der Waals surface area (Å²) in [4.78, 5) is 23.8. The number of rotatable bonds is 3. The Morgan fingerprint density at radius 1 is 1.00 bits per heavy atom. The molecule has 2 rings (SSSR count). The molecule has 114 valence electrons. The van der Waals surface area contributed by atoms with Crippen LogP contribution in [-0.4, -0.2) is 11.8 Å². The van der Waals surface area contributed by atoms with Crippen molar-refractivity contribution in [2.75, 3.05) is 0 Å². The molecule has 0 radical (unpaired) electrons. The maximum atomic E-state index is 11.9. The second kappa shape index (κ2) is 7.92. The van der Waals surface area contributed by atoms with Crippen molar-refractivity contribution in [3.63, 3.8) is 0 Å². The molecule has 2 amide bonds. The number of hydrogen-bond acceptors (Lipinski definition) is 3. The van der Waals surface area contributed by atoms with Crippen LogP contribution in [0.2, 0.25) is 0 Å². The Kier molecular flexibility index (Phi) is 5.67. The predicted octanol–water partition coefficient (Wildman–Crippen LogP) is 2.82. The maximum Gasteiger partial charge on any atom is 0.280 e. The molecule has 0 spiro atoms. The summed E-state index contributed by atoms with van der Waals surface area (Å²) in [6, 6.07) is 17.4. The predicted molar refractivity (Wildman–Crippen MR) is 89.8 cm³/mol. The fraction of sp³-hybridized carbons (Fsp3) is 0. The molecule has 0 aliphatic heterocycles. The van der Waals surface area contributed by atoms with Crippen molar-refractivity contribution in [2.45, 2.75) is 0 Å². The Labute approximate surface area is 141 Å². The number of carbonyl (C=O) groups excluding carboxylic acids is 2. The third-order valence-corrected chi connectivity index (χ3v) is 3.40. The van der Waals surface area contributed by atoms with Gasteiger partial charge in [0.15, 0.2) is 0 Å². The Balaban J connectivity index is 2.00. The molecule has 0 aliphatic carbocycles. The van der Waals surface area contributed by atoms with Gasteiger partial charge in [-0.25, -0.2) is 0 Å². The fourth-order valence-corrected chi connectivity index (χ4v) is 1.98. The van der Waals surface area contributed by atoms with Crippen LogP contribution in [0.15, 0.2) is 64.6 Å². The van der Waals surface area contributed by atoms with E-state index in [1.165, 1.54) is 6.08 Å². The van der Waals surface area contributed by atoms with Crippen molar-refractivity contribution in [3.05, 3.63) is 75.8 Å². The van der Waals surface area contributed by atoms with E-state index in [1.807, 2.05) is 12.1 Å². The summed E-state index contributed by atoms with van der Waals surface area (Å²) in [6.45, 7) is 0. The Bertz CT molecular complexity index is 778. The highest BCUT2D eigenvalue weighted by atomic mass is 79.9. The van der Waals surface area contributed by atoms with E-state index >= 15 is 0 Å². The molecule has 0 unspecified atom stereocenters. The van der Waals surface area contributed by atoms with Crippen molar-refractivity contribution in [2.24, 2.45) is 0 Å². The first-order valence-electron chi connectivity index (χ1n) is 6.63. The van der Waals surface area contributed by atoms with Crippen molar-refractivity contribution in [1.82, 2.24) is 10.9 Å². The molecular formula is C17H12BrN3O2. The highest BCUT2D eigenvalue weighted by Crippen LogP contribution is 2.10. The number of nitrogens with one attached hydrogen (secondary N) is 2. The molecule has 2 aromatic rings. The van der Waals surface area contributed by atoms with E-state index in [0.29, 0.717) is 5.56 Å². The number of hydrogen-bond donors (Lipinski definition) is 2. The standard InChI is InChI=1S/C17H12BrN3O2/c18-15-8-6-13(7-9-15)16(22)20-21-17(23)14(11-19)10-12-4-2-1-3-5-12/h1-10H,(H,20,22)(H,21,23)/b14-10-. The number of carbonyl (C=O) groups is 2. The molecule has 2 aromatic carbocycles. The van der Waals surface area contributed by atoms with Gasteiger partial charge in [0.05, 0.1) is 0 Å². The molecule has 5 nitrogen and oxygen atoms in total. The van der Waals surface area contributed by atoms with Gasteiger partial charge in [-0.1, -0.05) is 46.3 Å². The zero-order chi connectivity index (χ0) is 16.7. The lowest BCUT2D eigenvalue weighted by Crippen LogP contribution is -2.42. The topological polar surface area (TPSA) is 82.0 Å². The number of nitrogens with zero attached hydrogens (tertiary/aromatic N) is 1. The third-order valence-electron chi connectivity index (χ3n) is 2.87. The number of hydrazine groups is 1. The molecule has 0 heterocycles. The molecule has 0 aliphatic rings. The number of halogens is 1.